The molecule has 0 saturated carbocycles. The second-order valence-electron chi connectivity index (χ2n) is 4.82. The van der Waals surface area contributed by atoms with E-state index in [9.17, 15) is 21.6 Å². The van der Waals surface area contributed by atoms with Crippen molar-refractivity contribution in [3.63, 3.8) is 0 Å². The first-order valence-electron chi connectivity index (χ1n) is 6.63. The summed E-state index contributed by atoms with van der Waals surface area (Å²) >= 11 is 0. The SMILES string of the molecule is O=S(=O)(Nc1ccccc1-c1cc(F)c(F)c(F)c1)c1cnc[nH]1. The number of nitrogens with one attached hydrogen (secondary N) is 2. The van der Waals surface area contributed by atoms with Gasteiger partial charge in [-0.2, -0.15) is 8.42 Å². The number of rotatable bonds is 4. The molecule has 0 aliphatic heterocycles. The molecular weight excluding hydrogens is 343 g/mol. The van der Waals surface area contributed by atoms with E-state index in [0.29, 0.717) is 0 Å². The molecule has 124 valence electrons. The summed E-state index contributed by atoms with van der Waals surface area (Å²) in [6.07, 6.45) is 2.31. The molecule has 1 aromatic heterocycles. The van der Waals surface area contributed by atoms with Gasteiger partial charge in [0.2, 0.25) is 0 Å². The van der Waals surface area contributed by atoms with Crippen LogP contribution in [-0.2, 0) is 10.0 Å². The fourth-order valence-electron chi connectivity index (χ4n) is 2.12. The van der Waals surface area contributed by atoms with Crippen LogP contribution in [0.4, 0.5) is 18.9 Å². The van der Waals surface area contributed by atoms with Crippen LogP contribution in [0.2, 0.25) is 0 Å². The van der Waals surface area contributed by atoms with Crippen LogP contribution in [0.25, 0.3) is 11.1 Å². The minimum Gasteiger partial charge on any atom is -0.334 e. The van der Waals surface area contributed by atoms with Crippen molar-refractivity contribution in [3.05, 3.63) is 66.4 Å². The van der Waals surface area contributed by atoms with Crippen LogP contribution in [0.1, 0.15) is 0 Å². The van der Waals surface area contributed by atoms with Gasteiger partial charge in [0, 0.05) is 5.56 Å². The minimum atomic E-state index is -3.96. The van der Waals surface area contributed by atoms with E-state index in [-0.39, 0.29) is 21.8 Å². The van der Waals surface area contributed by atoms with Gasteiger partial charge < -0.3 is 4.98 Å². The van der Waals surface area contributed by atoms with Gasteiger partial charge in [-0.25, -0.2) is 18.2 Å². The number of hydrogen-bond acceptors (Lipinski definition) is 3. The Labute approximate surface area is 135 Å². The molecule has 0 aliphatic carbocycles. The van der Waals surface area contributed by atoms with Gasteiger partial charge in [0.15, 0.2) is 22.5 Å². The highest BCUT2D eigenvalue weighted by atomic mass is 32.2. The Balaban J connectivity index is 2.07. The van der Waals surface area contributed by atoms with Crippen LogP contribution < -0.4 is 4.72 Å². The van der Waals surface area contributed by atoms with Gasteiger partial charge in [-0.1, -0.05) is 18.2 Å². The third kappa shape index (κ3) is 2.98. The highest BCUT2D eigenvalue weighted by Gasteiger charge is 2.19. The lowest BCUT2D eigenvalue weighted by Crippen LogP contribution is -2.14. The van der Waals surface area contributed by atoms with Crippen molar-refractivity contribution in [1.29, 1.82) is 0 Å². The number of sulfonamides is 1. The van der Waals surface area contributed by atoms with E-state index in [1.54, 1.807) is 12.1 Å². The lowest BCUT2D eigenvalue weighted by atomic mass is 10.0. The average Bonchev–Trinajstić information content (AvgIpc) is 3.08. The number of aromatic nitrogens is 2. The monoisotopic (exact) mass is 353 g/mol. The zero-order chi connectivity index (χ0) is 17.3. The lowest BCUT2D eigenvalue weighted by Gasteiger charge is -2.12. The topological polar surface area (TPSA) is 74.8 Å². The molecule has 3 rings (SSSR count). The van der Waals surface area contributed by atoms with Gasteiger partial charge in [-0.3, -0.25) is 4.72 Å². The summed E-state index contributed by atoms with van der Waals surface area (Å²) in [4.78, 5) is 6.08. The number of H-pyrrole nitrogens is 1. The number of benzene rings is 2. The second kappa shape index (κ2) is 6.00. The highest BCUT2D eigenvalue weighted by molar-refractivity contribution is 7.92. The first-order chi connectivity index (χ1) is 11.4. The zero-order valence-electron chi connectivity index (χ0n) is 11.9. The first-order valence-corrected chi connectivity index (χ1v) is 8.12. The second-order valence-corrected chi connectivity index (χ2v) is 6.47. The Morgan fingerprint density at radius 1 is 1.04 bits per heavy atom. The number of anilines is 1. The summed E-state index contributed by atoms with van der Waals surface area (Å²) in [5, 5.41) is -0.172. The van der Waals surface area contributed by atoms with Crippen molar-refractivity contribution >= 4 is 15.7 Å². The number of para-hydroxylation sites is 1. The largest absolute Gasteiger partial charge is 0.334 e. The standard InChI is InChI=1S/C15H10F3N3O2S/c16-11-5-9(6-12(17)15(11)18)10-3-1-2-4-13(10)21-24(22,23)14-7-19-8-20-14/h1-8,21H,(H,19,20). The van der Waals surface area contributed by atoms with Gasteiger partial charge in [0.05, 0.1) is 18.2 Å². The van der Waals surface area contributed by atoms with E-state index in [2.05, 4.69) is 14.7 Å². The third-order valence-electron chi connectivity index (χ3n) is 3.23. The maximum Gasteiger partial charge on any atom is 0.278 e. The van der Waals surface area contributed by atoms with Gasteiger partial charge in [-0.05, 0) is 23.8 Å². The van der Waals surface area contributed by atoms with Crippen LogP contribution in [0, 0.1) is 17.5 Å². The predicted molar refractivity (Wildman–Crippen MR) is 81.1 cm³/mol. The third-order valence-corrected chi connectivity index (χ3v) is 4.52. The van der Waals surface area contributed by atoms with Crippen LogP contribution >= 0.6 is 0 Å². The molecule has 0 saturated heterocycles. The number of halogens is 3. The quantitative estimate of drug-likeness (QED) is 0.707. The Hall–Kier alpha value is -2.81. The van der Waals surface area contributed by atoms with Crippen LogP contribution in [0.3, 0.4) is 0 Å². The minimum absolute atomic E-state index is 0.00527. The Kier molecular flexibility index (Phi) is 4.02. The fraction of sp³-hybridized carbons (Fsp3) is 0. The Bertz CT molecular complexity index is 966. The average molecular weight is 353 g/mol. The van der Waals surface area contributed by atoms with Crippen LogP contribution in [0.15, 0.2) is 53.9 Å². The van der Waals surface area contributed by atoms with Gasteiger partial charge in [0.1, 0.15) is 0 Å². The van der Waals surface area contributed by atoms with E-state index >= 15 is 0 Å². The zero-order valence-corrected chi connectivity index (χ0v) is 12.7. The predicted octanol–water partition coefficient (Wildman–Crippen LogP) is 3.29. The normalized spacial score (nSPS) is 11.5. The van der Waals surface area contributed by atoms with Gasteiger partial charge in [-0.15, -0.1) is 0 Å². The van der Waals surface area contributed by atoms with E-state index in [1.165, 1.54) is 18.5 Å². The molecule has 0 atom stereocenters. The molecule has 3 aromatic rings. The molecule has 0 amide bonds. The van der Waals surface area contributed by atoms with Gasteiger partial charge in [0.25, 0.3) is 10.0 Å². The maximum absolute atomic E-state index is 13.5. The number of hydrogen-bond donors (Lipinski definition) is 2. The van der Waals surface area contributed by atoms with E-state index in [1.807, 2.05) is 0 Å². The van der Waals surface area contributed by atoms with E-state index in [0.717, 1.165) is 18.3 Å². The molecule has 0 radical (unpaired) electrons. The molecule has 2 N–H and O–H groups in total. The summed E-state index contributed by atoms with van der Waals surface area (Å²) in [6, 6.07) is 7.57. The van der Waals surface area contributed by atoms with Crippen molar-refractivity contribution in [1.82, 2.24) is 9.97 Å². The molecule has 2 aromatic carbocycles. The van der Waals surface area contributed by atoms with E-state index in [4.69, 9.17) is 0 Å². The van der Waals surface area contributed by atoms with Crippen LogP contribution in [0.5, 0.6) is 0 Å². The molecule has 0 bridgehead atoms. The van der Waals surface area contributed by atoms with Crippen molar-refractivity contribution in [3.8, 4) is 11.1 Å². The molecule has 0 spiro atoms. The number of nitrogens with zero attached hydrogens (tertiary/aromatic N) is 1. The molecule has 0 fully saturated rings. The maximum atomic E-state index is 13.5. The first kappa shape index (κ1) is 16.1. The molecule has 24 heavy (non-hydrogen) atoms. The summed E-state index contributed by atoms with van der Waals surface area (Å²) < 4.78 is 66.8. The molecule has 9 heteroatoms. The van der Waals surface area contributed by atoms with Crippen molar-refractivity contribution in [2.75, 3.05) is 4.72 Å². The molecular formula is C15H10F3N3O2S. The summed E-state index contributed by atoms with van der Waals surface area (Å²) in [5.41, 5.74) is 0.269. The summed E-state index contributed by atoms with van der Waals surface area (Å²) in [6.45, 7) is 0. The highest BCUT2D eigenvalue weighted by Crippen LogP contribution is 2.31. The number of imidazole rings is 1. The fourth-order valence-corrected chi connectivity index (χ4v) is 3.11. The van der Waals surface area contributed by atoms with Crippen molar-refractivity contribution < 1.29 is 21.6 Å². The Morgan fingerprint density at radius 2 is 1.71 bits per heavy atom. The molecule has 0 unspecified atom stereocenters. The van der Waals surface area contributed by atoms with Crippen LogP contribution in [-0.4, -0.2) is 18.4 Å². The van der Waals surface area contributed by atoms with Gasteiger partial charge >= 0.3 is 0 Å². The van der Waals surface area contributed by atoms with Crippen molar-refractivity contribution in [2.45, 2.75) is 5.03 Å². The van der Waals surface area contributed by atoms with Crippen molar-refractivity contribution in [2.24, 2.45) is 0 Å². The lowest BCUT2D eigenvalue weighted by molar-refractivity contribution is 0.448. The number of aromatic amines is 1. The van der Waals surface area contributed by atoms with E-state index < -0.39 is 27.5 Å². The molecule has 5 nitrogen and oxygen atoms in total. The smallest absolute Gasteiger partial charge is 0.278 e. The Morgan fingerprint density at radius 3 is 2.33 bits per heavy atom. The molecule has 0 aliphatic rings. The summed E-state index contributed by atoms with van der Waals surface area (Å²) in [5.74, 6) is -4.32. The summed E-state index contributed by atoms with van der Waals surface area (Å²) in [7, 11) is -3.96. The molecule has 1 heterocycles.